The number of hydrogen-bond acceptors (Lipinski definition) is 4. The molecule has 182 valence electrons. The lowest BCUT2D eigenvalue weighted by Crippen LogP contribution is -2.13. The molecule has 0 radical (unpaired) electrons. The first-order valence-corrected chi connectivity index (χ1v) is 11.8. The van der Waals surface area contributed by atoms with Crippen LogP contribution < -0.4 is 15.2 Å². The summed E-state index contributed by atoms with van der Waals surface area (Å²) in [5.41, 5.74) is 5.58. The second-order valence-corrected chi connectivity index (χ2v) is 9.84. The predicted octanol–water partition coefficient (Wildman–Crippen LogP) is 7.35. The molecule has 3 aromatic rings. The molecule has 0 aliphatic heterocycles. The summed E-state index contributed by atoms with van der Waals surface area (Å²) in [6.07, 6.45) is 1.35. The number of anilines is 1. The molecule has 0 atom stereocenters. The maximum absolute atomic E-state index is 15.1. The summed E-state index contributed by atoms with van der Waals surface area (Å²) in [5.74, 6) is -1.81. The number of nitrogen functional groups attached to an aromatic ring is 1. The van der Waals surface area contributed by atoms with Crippen LogP contribution >= 0.6 is 21.8 Å². The highest BCUT2D eigenvalue weighted by Crippen LogP contribution is 3.02. The average molecular weight is 517 g/mol. The van der Waals surface area contributed by atoms with Gasteiger partial charge < -0.3 is 19.8 Å². The molecule has 0 amide bonds. The van der Waals surface area contributed by atoms with Crippen LogP contribution in [0, 0.1) is 5.82 Å². The van der Waals surface area contributed by atoms with Crippen LogP contribution in [0.2, 0.25) is 5.02 Å². The molecular weight excluding hydrogens is 498 g/mol. The quantitative estimate of drug-likeness (QED) is 0.251. The van der Waals surface area contributed by atoms with Gasteiger partial charge in [0.1, 0.15) is 10.7 Å². The minimum absolute atomic E-state index is 0.00819. The number of nitrogens with zero attached hydrogens (tertiary/aromatic N) is 1. The first-order valence-electron chi connectivity index (χ1n) is 9.50. The van der Waals surface area contributed by atoms with Crippen molar-refractivity contribution in [2.45, 2.75) is 25.3 Å². The molecule has 0 bridgehead atoms. The molecule has 1 heterocycles. The lowest BCUT2D eigenvalue weighted by Gasteiger charge is -2.40. The fourth-order valence-electron chi connectivity index (χ4n) is 3.24. The van der Waals surface area contributed by atoms with Crippen molar-refractivity contribution in [1.82, 2.24) is 4.57 Å². The molecule has 0 unspecified atom stereocenters. The van der Waals surface area contributed by atoms with Gasteiger partial charge in [-0.05, 0) is 38.1 Å². The number of hydrogen-bond donors (Lipinski definition) is 1. The monoisotopic (exact) mass is 516 g/mol. The van der Waals surface area contributed by atoms with E-state index >= 15 is 4.39 Å². The van der Waals surface area contributed by atoms with Crippen molar-refractivity contribution in [2.24, 2.45) is 0 Å². The van der Waals surface area contributed by atoms with Gasteiger partial charge in [-0.1, -0.05) is 31.0 Å². The van der Waals surface area contributed by atoms with E-state index < -0.39 is 43.9 Å². The number of nitrogens with two attached hydrogens (primary N) is 1. The predicted molar refractivity (Wildman–Crippen MR) is 116 cm³/mol. The zero-order valence-corrected chi connectivity index (χ0v) is 18.9. The topological polar surface area (TPSA) is 66.5 Å². The van der Waals surface area contributed by atoms with E-state index in [4.69, 9.17) is 26.8 Å². The van der Waals surface area contributed by atoms with Crippen LogP contribution in [0.25, 0.3) is 10.8 Å². The second kappa shape index (κ2) is 7.66. The van der Waals surface area contributed by atoms with Gasteiger partial charge in [-0.2, -0.15) is 0 Å². The van der Waals surface area contributed by atoms with Crippen molar-refractivity contribution >= 4 is 44.2 Å². The van der Waals surface area contributed by atoms with Crippen molar-refractivity contribution in [3.05, 3.63) is 46.9 Å². The molecule has 2 aromatic carbocycles. The molecule has 1 aromatic heterocycles. The van der Waals surface area contributed by atoms with E-state index in [9.17, 15) is 24.2 Å². The Kier molecular flexibility index (Phi) is 5.78. The molecule has 33 heavy (non-hydrogen) atoms. The van der Waals surface area contributed by atoms with Crippen LogP contribution in [0.1, 0.15) is 24.2 Å². The number of Topliss-reactive ketones (excluding diaryl/α,β-unsaturated/α-hetero) is 1. The van der Waals surface area contributed by atoms with E-state index in [1.54, 1.807) is 13.8 Å². The highest BCUT2D eigenvalue weighted by atomic mass is 35.5. The zero-order chi connectivity index (χ0) is 24.8. The van der Waals surface area contributed by atoms with Crippen molar-refractivity contribution in [3.8, 4) is 11.5 Å². The van der Waals surface area contributed by atoms with E-state index in [1.807, 2.05) is 0 Å². The first kappa shape index (κ1) is 24.9. The van der Waals surface area contributed by atoms with E-state index in [0.717, 1.165) is 4.57 Å². The Balaban J connectivity index is 2.01. The molecule has 0 aliphatic rings. The number of fused-ring (bicyclic) bond motifs is 1. The summed E-state index contributed by atoms with van der Waals surface area (Å²) >= 11 is 5.71. The summed E-state index contributed by atoms with van der Waals surface area (Å²) in [6.45, 7) is 3.19. The molecule has 0 spiro atoms. The average Bonchev–Trinajstić information content (AvgIpc) is 2.98. The third kappa shape index (κ3) is 4.96. The molecule has 0 fully saturated rings. The number of benzene rings is 2. The van der Waals surface area contributed by atoms with E-state index in [-0.39, 0.29) is 53.4 Å². The molecule has 13 heteroatoms. The van der Waals surface area contributed by atoms with Crippen LogP contribution in [0.5, 0.6) is 11.5 Å². The molecular formula is C20H19ClF6N2O3S. The lowest BCUT2D eigenvalue weighted by atomic mass is 10.1. The first-order chi connectivity index (χ1) is 15.1. The van der Waals surface area contributed by atoms with E-state index in [0.29, 0.717) is 6.07 Å². The number of ketones is 1. The van der Waals surface area contributed by atoms with Gasteiger partial charge in [0, 0.05) is 17.1 Å². The van der Waals surface area contributed by atoms with Crippen LogP contribution in [-0.2, 0) is 6.54 Å². The Labute approximate surface area is 189 Å². The fraction of sp³-hybridized carbons (Fsp3) is 0.250. The highest BCUT2D eigenvalue weighted by Gasteiger charge is 2.65. The van der Waals surface area contributed by atoms with Gasteiger partial charge in [0.25, 0.3) is 0 Å². The van der Waals surface area contributed by atoms with E-state index in [2.05, 4.69) is 0 Å². The fourth-order valence-corrected chi connectivity index (χ4v) is 4.26. The summed E-state index contributed by atoms with van der Waals surface area (Å²) in [4.78, 5) is 10.4. The summed E-state index contributed by atoms with van der Waals surface area (Å²) < 4.78 is 91.8. The lowest BCUT2D eigenvalue weighted by molar-refractivity contribution is 0.0973. The molecule has 5 nitrogen and oxygen atoms in total. The Hall–Kier alpha value is -2.73. The van der Waals surface area contributed by atoms with Gasteiger partial charge >= 0.3 is 10.2 Å². The Morgan fingerprint density at radius 3 is 2.27 bits per heavy atom. The number of carbonyl (C=O) groups is 1. The van der Waals surface area contributed by atoms with Crippen molar-refractivity contribution in [1.29, 1.82) is 0 Å². The van der Waals surface area contributed by atoms with Gasteiger partial charge in [0.2, 0.25) is 0 Å². The van der Waals surface area contributed by atoms with Gasteiger partial charge in [-0.15, -0.1) is 0 Å². The van der Waals surface area contributed by atoms with Crippen molar-refractivity contribution in [3.63, 3.8) is 0 Å². The third-order valence-electron chi connectivity index (χ3n) is 4.67. The summed E-state index contributed by atoms with van der Waals surface area (Å²) in [6, 6.07) is 2.14. The smallest absolute Gasteiger partial charge is 0.310 e. The molecule has 0 saturated heterocycles. The number of rotatable bonds is 8. The van der Waals surface area contributed by atoms with Crippen LogP contribution in [0.4, 0.5) is 29.6 Å². The second-order valence-electron chi connectivity index (χ2n) is 7.02. The molecule has 0 saturated carbocycles. The Bertz CT molecular complexity index is 1260. The minimum Gasteiger partial charge on any atom is -0.490 e. The number of aromatic nitrogens is 1. The molecule has 3 rings (SSSR count). The zero-order valence-electron chi connectivity index (χ0n) is 17.3. The summed E-state index contributed by atoms with van der Waals surface area (Å²) in [5, 5.41) is -0.561. The summed E-state index contributed by atoms with van der Waals surface area (Å²) in [7, 11) is -9.96. The Morgan fingerprint density at radius 1 is 1.09 bits per heavy atom. The maximum atomic E-state index is 15.1. The van der Waals surface area contributed by atoms with Gasteiger partial charge in [0.15, 0.2) is 23.1 Å². The number of ether oxygens (including phenoxy) is 2. The van der Waals surface area contributed by atoms with Gasteiger partial charge in [0.05, 0.1) is 30.2 Å². The van der Waals surface area contributed by atoms with Crippen LogP contribution in [0.15, 0.2) is 35.4 Å². The van der Waals surface area contributed by atoms with E-state index in [1.165, 1.54) is 12.3 Å². The van der Waals surface area contributed by atoms with Gasteiger partial charge in [-0.25, -0.2) is 4.39 Å². The van der Waals surface area contributed by atoms with Crippen LogP contribution in [-0.4, -0.2) is 23.6 Å². The number of carbonyl (C=O) groups excluding carboxylic acids is 1. The Morgan fingerprint density at radius 2 is 1.73 bits per heavy atom. The third-order valence-corrected chi connectivity index (χ3v) is 6.12. The largest absolute Gasteiger partial charge is 0.490 e. The molecule has 2 N–H and O–H groups in total. The standard InChI is InChI=1S/C20H19ClF6N2O3S/c1-3-31-16-7-11-9-29(20(28)17(11)18(22)19(16)32-4-2)10-15(30)13-6-5-12(8-14(13)21)33(23,24,25,26)27/h5-9H,3-4,10,28H2,1-2H3. The molecule has 0 aliphatic carbocycles. The normalized spacial score (nSPS) is 14.1. The van der Waals surface area contributed by atoms with Crippen molar-refractivity contribution < 1.29 is 38.1 Å². The minimum atomic E-state index is -9.96. The SMILES string of the molecule is CCOc1cc2cn(CC(=O)c3ccc(S(F)(F)(F)(F)F)cc3Cl)c(N)c2c(F)c1OCC. The van der Waals surface area contributed by atoms with Crippen LogP contribution in [0.3, 0.4) is 0 Å². The highest BCUT2D eigenvalue weighted by molar-refractivity contribution is 8.45. The number of halogens is 7. The van der Waals surface area contributed by atoms with Crippen molar-refractivity contribution in [2.75, 3.05) is 18.9 Å². The van der Waals surface area contributed by atoms with Gasteiger partial charge in [-0.3, -0.25) is 4.79 Å². The maximum Gasteiger partial charge on any atom is 0.310 e.